The molecule has 3 aliphatic heterocycles. The van der Waals surface area contributed by atoms with Gasteiger partial charge in [0.1, 0.15) is 17.4 Å². The van der Waals surface area contributed by atoms with Crippen molar-refractivity contribution in [2.24, 2.45) is 11.8 Å². The van der Waals surface area contributed by atoms with Gasteiger partial charge in [0.2, 0.25) is 17.7 Å². The standard InChI is InChI=1S/C32H38BrN3O6/c1-2-41-22-15-13-21(14-16-22)34-29(38)25-26-31(40)36(24(18-37)19-9-5-3-6-10-19)28(32(26)17-23(33)27(25)42-32)30(39)35-20-11-7-4-8-12-20/h3,5-6,9-10,13-16,20,23-28,37H,2,4,7-8,11-12,17-18H2,1H3,(H,34,38)(H,35,39)/t23?,24-,25-,26+,27-,28?,32?/m1/s1. The number of rotatable bonds is 9. The second-order valence-corrected chi connectivity index (χ2v) is 13.0. The van der Waals surface area contributed by atoms with Crippen molar-refractivity contribution in [3.8, 4) is 5.75 Å². The van der Waals surface area contributed by atoms with Gasteiger partial charge in [-0.15, -0.1) is 0 Å². The summed E-state index contributed by atoms with van der Waals surface area (Å²) >= 11 is 3.73. The number of amides is 3. The number of likely N-dealkylation sites (tertiary alicyclic amines) is 1. The van der Waals surface area contributed by atoms with Crippen LogP contribution in [0.1, 0.15) is 57.1 Å². The van der Waals surface area contributed by atoms with Crippen LogP contribution in [0.25, 0.3) is 0 Å². The van der Waals surface area contributed by atoms with Crippen LogP contribution in [0.5, 0.6) is 5.75 Å². The zero-order chi connectivity index (χ0) is 29.4. The Morgan fingerprint density at radius 1 is 1.10 bits per heavy atom. The molecular weight excluding hydrogens is 602 g/mol. The number of carbonyl (C=O) groups excluding carboxylic acids is 3. The van der Waals surface area contributed by atoms with Crippen LogP contribution in [0.3, 0.4) is 0 Å². The second-order valence-electron chi connectivity index (χ2n) is 11.8. The van der Waals surface area contributed by atoms with Crippen molar-refractivity contribution in [2.45, 2.75) is 80.1 Å². The Morgan fingerprint density at radius 3 is 2.48 bits per heavy atom. The van der Waals surface area contributed by atoms with Crippen LogP contribution in [0.15, 0.2) is 54.6 Å². The number of hydrogen-bond donors (Lipinski definition) is 3. The quantitative estimate of drug-likeness (QED) is 0.358. The van der Waals surface area contributed by atoms with Crippen LogP contribution in [-0.4, -0.2) is 69.6 Å². The number of hydrogen-bond acceptors (Lipinski definition) is 6. The molecule has 224 valence electrons. The predicted molar refractivity (Wildman–Crippen MR) is 160 cm³/mol. The van der Waals surface area contributed by atoms with Gasteiger partial charge >= 0.3 is 0 Å². The van der Waals surface area contributed by atoms with Crippen molar-refractivity contribution in [3.05, 3.63) is 60.2 Å². The average molecular weight is 641 g/mol. The molecule has 4 aliphatic rings. The first kappa shape index (κ1) is 29.1. The number of fused-ring (bicyclic) bond motifs is 1. The molecule has 0 aromatic heterocycles. The van der Waals surface area contributed by atoms with E-state index in [1.54, 1.807) is 24.3 Å². The second kappa shape index (κ2) is 12.0. The zero-order valence-electron chi connectivity index (χ0n) is 23.7. The van der Waals surface area contributed by atoms with Crippen molar-refractivity contribution in [3.63, 3.8) is 0 Å². The number of aliphatic hydroxyl groups excluding tert-OH is 1. The van der Waals surface area contributed by atoms with Crippen molar-refractivity contribution in [2.75, 3.05) is 18.5 Å². The Balaban J connectivity index is 1.35. The van der Waals surface area contributed by atoms with Crippen molar-refractivity contribution >= 4 is 39.3 Å². The minimum absolute atomic E-state index is 0.0279. The van der Waals surface area contributed by atoms with Gasteiger partial charge in [0.25, 0.3) is 0 Å². The lowest BCUT2D eigenvalue weighted by atomic mass is 9.70. The van der Waals surface area contributed by atoms with E-state index >= 15 is 0 Å². The van der Waals surface area contributed by atoms with Crippen molar-refractivity contribution in [1.29, 1.82) is 0 Å². The molecule has 3 unspecified atom stereocenters. The number of nitrogens with zero attached hydrogens (tertiary/aromatic N) is 1. The summed E-state index contributed by atoms with van der Waals surface area (Å²) < 4.78 is 12.2. The molecule has 3 heterocycles. The van der Waals surface area contributed by atoms with Gasteiger partial charge in [-0.05, 0) is 56.0 Å². The highest BCUT2D eigenvalue weighted by Crippen LogP contribution is 2.61. The first-order valence-corrected chi connectivity index (χ1v) is 15.9. The monoisotopic (exact) mass is 639 g/mol. The number of alkyl halides is 1. The number of ether oxygens (including phenoxy) is 2. The fourth-order valence-electron chi connectivity index (χ4n) is 7.59. The molecular formula is C32H38BrN3O6. The van der Waals surface area contributed by atoms with Crippen LogP contribution in [0.2, 0.25) is 0 Å². The minimum atomic E-state index is -1.20. The van der Waals surface area contributed by atoms with Gasteiger partial charge in [-0.1, -0.05) is 65.5 Å². The van der Waals surface area contributed by atoms with E-state index in [2.05, 4.69) is 26.6 Å². The SMILES string of the molecule is CCOc1ccc(NC(=O)[C@H]2[C@@H]3OC4(CC3Br)C(C(=O)NC3CCCCC3)N([C@H](CO)c3ccccc3)C(=O)[C@H]24)cc1. The van der Waals surface area contributed by atoms with E-state index in [0.717, 1.165) is 37.7 Å². The molecule has 7 atom stereocenters. The molecule has 6 rings (SSSR count). The maximum atomic E-state index is 14.5. The fraction of sp³-hybridized carbons (Fsp3) is 0.531. The summed E-state index contributed by atoms with van der Waals surface area (Å²) in [6.45, 7) is 2.08. The van der Waals surface area contributed by atoms with Gasteiger partial charge in [-0.25, -0.2) is 0 Å². The molecule has 1 saturated carbocycles. The molecule has 42 heavy (non-hydrogen) atoms. The summed E-state index contributed by atoms with van der Waals surface area (Å²) in [4.78, 5) is 43.9. The maximum absolute atomic E-state index is 14.5. The fourth-order valence-corrected chi connectivity index (χ4v) is 8.53. The van der Waals surface area contributed by atoms with Crippen LogP contribution < -0.4 is 15.4 Å². The summed E-state index contributed by atoms with van der Waals surface area (Å²) in [5.74, 6) is -1.92. The topological polar surface area (TPSA) is 117 Å². The smallest absolute Gasteiger partial charge is 0.246 e. The van der Waals surface area contributed by atoms with Crippen LogP contribution in [0.4, 0.5) is 5.69 Å². The largest absolute Gasteiger partial charge is 0.494 e. The molecule has 3 amide bonds. The van der Waals surface area contributed by atoms with Crippen molar-refractivity contribution < 1.29 is 29.0 Å². The Hall–Kier alpha value is -2.95. The third-order valence-electron chi connectivity index (χ3n) is 9.36. The predicted octanol–water partition coefficient (Wildman–Crippen LogP) is 3.95. The lowest BCUT2D eigenvalue weighted by Gasteiger charge is -2.38. The molecule has 2 aromatic carbocycles. The van der Waals surface area contributed by atoms with E-state index in [1.807, 2.05) is 37.3 Å². The molecule has 3 saturated heterocycles. The van der Waals surface area contributed by atoms with Gasteiger partial charge in [0.05, 0.1) is 37.2 Å². The number of nitrogens with one attached hydrogen (secondary N) is 2. The van der Waals surface area contributed by atoms with Gasteiger partial charge in [0, 0.05) is 16.6 Å². The number of benzene rings is 2. The molecule has 1 aliphatic carbocycles. The summed E-state index contributed by atoms with van der Waals surface area (Å²) in [6, 6.07) is 14.6. The van der Waals surface area contributed by atoms with E-state index < -0.39 is 35.6 Å². The van der Waals surface area contributed by atoms with Gasteiger partial charge in [0.15, 0.2) is 0 Å². The Labute approximate surface area is 254 Å². The third kappa shape index (κ3) is 5.01. The lowest BCUT2D eigenvalue weighted by Crippen LogP contribution is -2.58. The summed E-state index contributed by atoms with van der Waals surface area (Å²) in [5.41, 5.74) is 0.107. The van der Waals surface area contributed by atoms with E-state index in [4.69, 9.17) is 9.47 Å². The van der Waals surface area contributed by atoms with Gasteiger partial charge < -0.3 is 30.1 Å². The van der Waals surface area contributed by atoms with Crippen LogP contribution >= 0.6 is 15.9 Å². The summed E-state index contributed by atoms with van der Waals surface area (Å²) in [6.07, 6.45) is 4.86. The number of carbonyl (C=O) groups is 3. The molecule has 2 aromatic rings. The molecule has 3 N–H and O–H groups in total. The lowest BCUT2D eigenvalue weighted by molar-refractivity contribution is -0.145. The highest BCUT2D eigenvalue weighted by Gasteiger charge is 2.77. The maximum Gasteiger partial charge on any atom is 0.246 e. The van der Waals surface area contributed by atoms with Crippen LogP contribution in [0, 0.1) is 11.8 Å². The van der Waals surface area contributed by atoms with E-state index in [9.17, 15) is 19.5 Å². The first-order valence-electron chi connectivity index (χ1n) is 15.0. The first-order chi connectivity index (χ1) is 20.4. The Morgan fingerprint density at radius 2 is 1.81 bits per heavy atom. The molecule has 2 bridgehead atoms. The van der Waals surface area contributed by atoms with Gasteiger partial charge in [-0.2, -0.15) is 0 Å². The number of anilines is 1. The van der Waals surface area contributed by atoms with E-state index in [1.165, 1.54) is 4.90 Å². The Bertz CT molecular complexity index is 1300. The highest BCUT2D eigenvalue weighted by molar-refractivity contribution is 9.09. The van der Waals surface area contributed by atoms with Crippen molar-refractivity contribution in [1.82, 2.24) is 10.2 Å². The zero-order valence-corrected chi connectivity index (χ0v) is 25.3. The molecule has 4 fully saturated rings. The molecule has 1 spiro atoms. The minimum Gasteiger partial charge on any atom is -0.494 e. The van der Waals surface area contributed by atoms with E-state index in [0.29, 0.717) is 24.5 Å². The number of aliphatic hydroxyl groups is 1. The molecule has 9 nitrogen and oxygen atoms in total. The molecule has 0 radical (unpaired) electrons. The third-order valence-corrected chi connectivity index (χ3v) is 10.2. The summed E-state index contributed by atoms with van der Waals surface area (Å²) in [7, 11) is 0. The average Bonchev–Trinajstić information content (AvgIpc) is 3.59. The molecule has 10 heteroatoms. The van der Waals surface area contributed by atoms with Gasteiger partial charge in [-0.3, -0.25) is 14.4 Å². The number of halogens is 1. The van der Waals surface area contributed by atoms with E-state index in [-0.39, 0.29) is 35.2 Å². The normalized spacial score (nSPS) is 31.1. The van der Waals surface area contributed by atoms with Crippen LogP contribution in [-0.2, 0) is 19.1 Å². The summed E-state index contributed by atoms with van der Waals surface area (Å²) in [5, 5.41) is 16.8. The highest BCUT2D eigenvalue weighted by atomic mass is 79.9. The Kier molecular flexibility index (Phi) is 8.31.